The van der Waals surface area contributed by atoms with Gasteiger partial charge in [-0.2, -0.15) is 0 Å². The van der Waals surface area contributed by atoms with Gasteiger partial charge in [0.25, 0.3) is 5.56 Å². The van der Waals surface area contributed by atoms with E-state index in [-0.39, 0.29) is 17.2 Å². The SMILES string of the molecule is Cc1ccccc1CN(C)C(=O)CSc1nnc2n(-c3ccccc3C)c(=O)c3ccccc3n12. The second-order valence-corrected chi connectivity index (χ2v) is 9.47. The van der Waals surface area contributed by atoms with Gasteiger partial charge in [0.15, 0.2) is 5.16 Å². The Morgan fingerprint density at radius 2 is 1.60 bits per heavy atom. The Morgan fingerprint density at radius 1 is 0.914 bits per heavy atom. The van der Waals surface area contributed by atoms with Crippen molar-refractivity contribution in [2.24, 2.45) is 0 Å². The maximum Gasteiger partial charge on any atom is 0.267 e. The standard InChI is InChI=1S/C27H25N5O2S/c1-18-10-4-6-12-20(18)16-30(3)24(33)17-35-27-29-28-26-31(22-14-8-5-11-19(22)2)25(34)21-13-7-9-15-23(21)32(26)27/h4-15H,16-17H2,1-3H3. The van der Waals surface area contributed by atoms with Gasteiger partial charge in [0, 0.05) is 13.6 Å². The van der Waals surface area contributed by atoms with Crippen LogP contribution < -0.4 is 5.56 Å². The first-order valence-electron chi connectivity index (χ1n) is 11.3. The monoisotopic (exact) mass is 483 g/mol. The van der Waals surface area contributed by atoms with E-state index in [1.807, 2.05) is 92.0 Å². The number of fused-ring (bicyclic) bond motifs is 3. The van der Waals surface area contributed by atoms with Gasteiger partial charge in [-0.05, 0) is 48.7 Å². The fraction of sp³-hybridized carbons (Fsp3) is 0.185. The Labute approximate surface area is 207 Å². The van der Waals surface area contributed by atoms with Gasteiger partial charge in [0.05, 0.1) is 22.3 Å². The van der Waals surface area contributed by atoms with Gasteiger partial charge in [0.1, 0.15) is 0 Å². The van der Waals surface area contributed by atoms with Gasteiger partial charge in [-0.3, -0.25) is 14.0 Å². The van der Waals surface area contributed by atoms with Crippen molar-refractivity contribution < 1.29 is 4.79 Å². The molecular weight excluding hydrogens is 458 g/mol. The molecule has 0 spiro atoms. The molecule has 0 bridgehead atoms. The largest absolute Gasteiger partial charge is 0.341 e. The van der Waals surface area contributed by atoms with Crippen LogP contribution in [0.3, 0.4) is 0 Å². The summed E-state index contributed by atoms with van der Waals surface area (Å²) in [5.74, 6) is 0.624. The summed E-state index contributed by atoms with van der Waals surface area (Å²) >= 11 is 1.32. The lowest BCUT2D eigenvalue weighted by Crippen LogP contribution is -2.28. The summed E-state index contributed by atoms with van der Waals surface area (Å²) in [4.78, 5) is 28.1. The minimum atomic E-state index is -0.152. The molecular formula is C27H25N5O2S. The van der Waals surface area contributed by atoms with Crippen molar-refractivity contribution in [3.05, 3.63) is 99.8 Å². The fourth-order valence-electron chi connectivity index (χ4n) is 4.17. The second kappa shape index (κ2) is 9.38. The molecule has 7 nitrogen and oxygen atoms in total. The molecule has 2 heterocycles. The third-order valence-electron chi connectivity index (χ3n) is 6.17. The highest BCUT2D eigenvalue weighted by atomic mass is 32.2. The zero-order chi connectivity index (χ0) is 24.5. The van der Waals surface area contributed by atoms with Crippen molar-refractivity contribution in [3.63, 3.8) is 0 Å². The number of thioether (sulfide) groups is 1. The average Bonchev–Trinajstić information content (AvgIpc) is 3.29. The lowest BCUT2D eigenvalue weighted by Gasteiger charge is -2.18. The van der Waals surface area contributed by atoms with Crippen LogP contribution in [0.2, 0.25) is 0 Å². The molecule has 5 rings (SSSR count). The zero-order valence-electron chi connectivity index (χ0n) is 19.8. The first-order valence-corrected chi connectivity index (χ1v) is 12.3. The zero-order valence-corrected chi connectivity index (χ0v) is 20.6. The number of aryl methyl sites for hydroxylation is 2. The van der Waals surface area contributed by atoms with Gasteiger partial charge in [-0.25, -0.2) is 4.57 Å². The van der Waals surface area contributed by atoms with Crippen LogP contribution in [0.15, 0.2) is 82.7 Å². The molecule has 3 aromatic carbocycles. The van der Waals surface area contributed by atoms with Gasteiger partial charge in [-0.1, -0.05) is 66.4 Å². The molecule has 176 valence electrons. The number of benzene rings is 3. The highest BCUT2D eigenvalue weighted by molar-refractivity contribution is 7.99. The second-order valence-electron chi connectivity index (χ2n) is 8.53. The first-order chi connectivity index (χ1) is 17.0. The number of hydrogen-bond donors (Lipinski definition) is 0. The van der Waals surface area contributed by atoms with Gasteiger partial charge in [0.2, 0.25) is 11.7 Å². The van der Waals surface area contributed by atoms with E-state index in [1.165, 1.54) is 11.8 Å². The molecule has 0 atom stereocenters. The van der Waals surface area contributed by atoms with Crippen LogP contribution in [0.5, 0.6) is 0 Å². The van der Waals surface area contributed by atoms with E-state index < -0.39 is 0 Å². The van der Waals surface area contributed by atoms with Gasteiger partial charge >= 0.3 is 0 Å². The molecule has 0 N–H and O–H groups in total. The summed E-state index contributed by atoms with van der Waals surface area (Å²) < 4.78 is 3.46. The smallest absolute Gasteiger partial charge is 0.267 e. The molecule has 5 aromatic rings. The van der Waals surface area contributed by atoms with E-state index >= 15 is 0 Å². The van der Waals surface area contributed by atoms with Crippen LogP contribution >= 0.6 is 11.8 Å². The van der Waals surface area contributed by atoms with E-state index in [4.69, 9.17) is 0 Å². The van der Waals surface area contributed by atoms with Crippen LogP contribution in [-0.2, 0) is 11.3 Å². The molecule has 0 unspecified atom stereocenters. The lowest BCUT2D eigenvalue weighted by molar-refractivity contribution is -0.127. The fourth-order valence-corrected chi connectivity index (χ4v) is 5.05. The molecule has 0 aliphatic carbocycles. The number of carbonyl (C=O) groups excluding carboxylic acids is 1. The van der Waals surface area contributed by atoms with E-state index in [9.17, 15) is 9.59 Å². The van der Waals surface area contributed by atoms with Crippen LogP contribution in [0.4, 0.5) is 0 Å². The molecule has 8 heteroatoms. The highest BCUT2D eigenvalue weighted by Gasteiger charge is 2.20. The average molecular weight is 484 g/mol. The highest BCUT2D eigenvalue weighted by Crippen LogP contribution is 2.24. The maximum absolute atomic E-state index is 13.5. The maximum atomic E-state index is 13.5. The number of rotatable bonds is 6. The van der Waals surface area contributed by atoms with Crippen molar-refractivity contribution in [2.45, 2.75) is 25.5 Å². The summed E-state index contributed by atoms with van der Waals surface area (Å²) in [7, 11) is 1.81. The Balaban J connectivity index is 1.51. The molecule has 0 aliphatic rings. The van der Waals surface area contributed by atoms with Crippen LogP contribution in [0, 0.1) is 13.8 Å². The first kappa shape index (κ1) is 22.9. The van der Waals surface area contributed by atoms with E-state index in [0.717, 1.165) is 22.4 Å². The summed E-state index contributed by atoms with van der Waals surface area (Å²) in [6, 6.07) is 23.2. The van der Waals surface area contributed by atoms with Crippen LogP contribution in [0.1, 0.15) is 16.7 Å². The third-order valence-corrected chi connectivity index (χ3v) is 7.08. The predicted molar refractivity (Wildman–Crippen MR) is 139 cm³/mol. The summed E-state index contributed by atoms with van der Waals surface area (Å²) in [5.41, 5.74) is 4.55. The number of aromatic nitrogens is 4. The number of amides is 1. The normalized spacial score (nSPS) is 11.3. The Hall–Kier alpha value is -3.91. The quantitative estimate of drug-likeness (QED) is 0.335. The predicted octanol–water partition coefficient (Wildman–Crippen LogP) is 4.40. The lowest BCUT2D eigenvalue weighted by atomic mass is 10.1. The molecule has 35 heavy (non-hydrogen) atoms. The number of para-hydroxylation sites is 2. The molecule has 0 saturated carbocycles. The van der Waals surface area contributed by atoms with Crippen molar-refractivity contribution in [1.82, 2.24) is 24.1 Å². The minimum Gasteiger partial charge on any atom is -0.341 e. The molecule has 0 aliphatic heterocycles. The summed E-state index contributed by atoms with van der Waals surface area (Å²) in [6.07, 6.45) is 0. The third kappa shape index (κ3) is 4.21. The van der Waals surface area contributed by atoms with Crippen molar-refractivity contribution >= 4 is 34.3 Å². The Bertz CT molecular complexity index is 1620. The minimum absolute atomic E-state index is 0.00784. The van der Waals surface area contributed by atoms with Crippen molar-refractivity contribution in [2.75, 3.05) is 12.8 Å². The molecule has 2 aromatic heterocycles. The number of nitrogens with zero attached hydrogens (tertiary/aromatic N) is 5. The number of hydrogen-bond acceptors (Lipinski definition) is 5. The Morgan fingerprint density at radius 3 is 2.37 bits per heavy atom. The van der Waals surface area contributed by atoms with Crippen molar-refractivity contribution in [1.29, 1.82) is 0 Å². The molecule has 0 radical (unpaired) electrons. The van der Waals surface area contributed by atoms with Gasteiger partial charge in [-0.15, -0.1) is 10.2 Å². The van der Waals surface area contributed by atoms with Crippen LogP contribution in [-0.4, -0.2) is 42.8 Å². The van der Waals surface area contributed by atoms with E-state index in [0.29, 0.717) is 28.4 Å². The summed E-state index contributed by atoms with van der Waals surface area (Å²) in [5, 5.41) is 9.89. The summed E-state index contributed by atoms with van der Waals surface area (Å²) in [6.45, 7) is 4.55. The van der Waals surface area contributed by atoms with Gasteiger partial charge < -0.3 is 4.90 Å². The molecule has 0 saturated heterocycles. The Kier molecular flexibility index (Phi) is 6.13. The van der Waals surface area contributed by atoms with Crippen molar-refractivity contribution in [3.8, 4) is 5.69 Å². The van der Waals surface area contributed by atoms with Crippen LogP contribution in [0.25, 0.3) is 22.4 Å². The van der Waals surface area contributed by atoms with E-state index in [1.54, 1.807) is 15.5 Å². The topological polar surface area (TPSA) is 72.5 Å². The van der Waals surface area contributed by atoms with E-state index in [2.05, 4.69) is 10.2 Å². The number of carbonyl (C=O) groups is 1. The molecule has 0 fully saturated rings. The molecule has 1 amide bonds.